The monoisotopic (exact) mass is 337 g/mol. The van der Waals surface area contributed by atoms with Crippen molar-refractivity contribution in [3.8, 4) is 10.6 Å². The molecule has 4 aromatic rings. The number of rotatable bonds is 4. The number of amides is 1. The van der Waals surface area contributed by atoms with Crippen LogP contribution in [0.25, 0.3) is 21.5 Å². The van der Waals surface area contributed by atoms with Gasteiger partial charge in [-0.15, -0.1) is 11.3 Å². The Morgan fingerprint density at radius 3 is 2.92 bits per heavy atom. The van der Waals surface area contributed by atoms with Crippen molar-refractivity contribution in [2.75, 3.05) is 0 Å². The van der Waals surface area contributed by atoms with Gasteiger partial charge in [0.15, 0.2) is 5.69 Å². The van der Waals surface area contributed by atoms with E-state index in [1.807, 2.05) is 54.8 Å². The highest BCUT2D eigenvalue weighted by atomic mass is 32.1. The van der Waals surface area contributed by atoms with Crippen LogP contribution in [0.15, 0.2) is 58.3 Å². The third-order valence-corrected chi connectivity index (χ3v) is 4.72. The van der Waals surface area contributed by atoms with Crippen LogP contribution in [0.5, 0.6) is 0 Å². The number of carbonyl (C=O) groups excluding carboxylic acids is 1. The molecule has 0 fully saturated rings. The number of nitrogens with zero attached hydrogens (tertiary/aromatic N) is 1. The molecule has 4 rings (SSSR count). The molecule has 3 aromatic heterocycles. The number of furan rings is 1. The molecule has 5 nitrogen and oxygen atoms in total. The van der Waals surface area contributed by atoms with Crippen LogP contribution in [-0.4, -0.2) is 16.1 Å². The lowest BCUT2D eigenvalue weighted by molar-refractivity contribution is 0.0930. The number of para-hydroxylation sites is 1. The van der Waals surface area contributed by atoms with Crippen molar-refractivity contribution >= 4 is 28.2 Å². The van der Waals surface area contributed by atoms with E-state index in [0.29, 0.717) is 5.69 Å². The first-order valence-electron chi connectivity index (χ1n) is 7.59. The molecule has 2 N–H and O–H groups in total. The molecular weight excluding hydrogens is 322 g/mol. The predicted molar refractivity (Wildman–Crippen MR) is 94.0 cm³/mol. The van der Waals surface area contributed by atoms with Gasteiger partial charge in [0, 0.05) is 5.39 Å². The van der Waals surface area contributed by atoms with Crippen molar-refractivity contribution < 1.29 is 9.21 Å². The highest BCUT2D eigenvalue weighted by Gasteiger charge is 2.17. The number of hydrogen-bond acceptors (Lipinski definition) is 4. The van der Waals surface area contributed by atoms with Crippen LogP contribution in [-0.2, 0) is 0 Å². The van der Waals surface area contributed by atoms with Crippen LogP contribution < -0.4 is 5.32 Å². The molecule has 1 amide bonds. The Labute approximate surface area is 142 Å². The van der Waals surface area contributed by atoms with Gasteiger partial charge in [0.25, 0.3) is 5.91 Å². The minimum atomic E-state index is -0.244. The number of thiophene rings is 1. The molecule has 0 aliphatic rings. The standard InChI is InChI=1S/C18H15N3O2S/c1-11(16-9-12-5-2-3-6-15(12)23-16)19-18(22)14-10-13(20-21-14)17-7-4-8-24-17/h2-11H,1H3,(H,19,22)(H,20,21). The van der Waals surface area contributed by atoms with Crippen molar-refractivity contribution in [3.05, 3.63) is 65.4 Å². The molecule has 0 aliphatic carbocycles. The second kappa shape index (κ2) is 5.98. The van der Waals surface area contributed by atoms with Crippen LogP contribution in [0.4, 0.5) is 0 Å². The van der Waals surface area contributed by atoms with E-state index in [2.05, 4.69) is 15.5 Å². The number of benzene rings is 1. The Kier molecular flexibility index (Phi) is 3.66. The molecule has 0 bridgehead atoms. The first kappa shape index (κ1) is 14.7. The van der Waals surface area contributed by atoms with E-state index in [9.17, 15) is 4.79 Å². The smallest absolute Gasteiger partial charge is 0.272 e. The topological polar surface area (TPSA) is 70.9 Å². The second-order valence-corrected chi connectivity index (χ2v) is 6.47. The molecule has 120 valence electrons. The molecule has 24 heavy (non-hydrogen) atoms. The van der Waals surface area contributed by atoms with Gasteiger partial charge in [-0.1, -0.05) is 24.3 Å². The minimum absolute atomic E-state index is 0.234. The largest absolute Gasteiger partial charge is 0.459 e. The summed E-state index contributed by atoms with van der Waals surface area (Å²) in [7, 11) is 0. The fourth-order valence-electron chi connectivity index (χ4n) is 2.55. The zero-order chi connectivity index (χ0) is 16.5. The summed E-state index contributed by atoms with van der Waals surface area (Å²) in [4.78, 5) is 13.4. The number of hydrogen-bond donors (Lipinski definition) is 2. The third kappa shape index (κ3) is 2.72. The van der Waals surface area contributed by atoms with Crippen LogP contribution in [0.2, 0.25) is 0 Å². The van der Waals surface area contributed by atoms with E-state index in [1.165, 1.54) is 0 Å². The van der Waals surface area contributed by atoms with E-state index >= 15 is 0 Å². The molecule has 0 spiro atoms. The first-order valence-corrected chi connectivity index (χ1v) is 8.47. The molecule has 0 saturated carbocycles. The molecule has 0 radical (unpaired) electrons. The van der Waals surface area contributed by atoms with E-state index in [-0.39, 0.29) is 11.9 Å². The fourth-order valence-corrected chi connectivity index (χ4v) is 3.25. The van der Waals surface area contributed by atoms with Crippen LogP contribution in [0.1, 0.15) is 29.2 Å². The highest BCUT2D eigenvalue weighted by molar-refractivity contribution is 7.13. The lowest BCUT2D eigenvalue weighted by Crippen LogP contribution is -2.26. The van der Waals surface area contributed by atoms with E-state index in [1.54, 1.807) is 17.4 Å². The summed E-state index contributed by atoms with van der Waals surface area (Å²) < 4.78 is 5.79. The second-order valence-electron chi connectivity index (χ2n) is 5.53. The quantitative estimate of drug-likeness (QED) is 0.581. The molecule has 0 aliphatic heterocycles. The van der Waals surface area contributed by atoms with Gasteiger partial charge >= 0.3 is 0 Å². The SMILES string of the molecule is CC(NC(=O)c1cc(-c2cccs2)[nH]n1)c1cc2ccccc2o1. The first-order chi connectivity index (χ1) is 11.7. The van der Waals surface area contributed by atoms with Gasteiger partial charge in [-0.05, 0) is 36.6 Å². The normalized spacial score (nSPS) is 12.4. The summed E-state index contributed by atoms with van der Waals surface area (Å²) in [6, 6.07) is 15.2. The summed E-state index contributed by atoms with van der Waals surface area (Å²) in [5.41, 5.74) is 2.02. The van der Waals surface area contributed by atoms with Gasteiger partial charge in [-0.2, -0.15) is 5.10 Å². The summed E-state index contributed by atoms with van der Waals surface area (Å²) in [6.45, 7) is 1.89. The summed E-state index contributed by atoms with van der Waals surface area (Å²) in [6.07, 6.45) is 0. The summed E-state index contributed by atoms with van der Waals surface area (Å²) in [5, 5.41) is 12.9. The molecular formula is C18H15N3O2S. The highest BCUT2D eigenvalue weighted by Crippen LogP contribution is 2.25. The Bertz CT molecular complexity index is 952. The van der Waals surface area contributed by atoms with Crippen molar-refractivity contribution in [2.45, 2.75) is 13.0 Å². The maximum absolute atomic E-state index is 12.4. The summed E-state index contributed by atoms with van der Waals surface area (Å²) >= 11 is 1.60. The Morgan fingerprint density at radius 2 is 2.12 bits per heavy atom. The van der Waals surface area contributed by atoms with Gasteiger partial charge in [-0.25, -0.2) is 0 Å². The number of H-pyrrole nitrogens is 1. The van der Waals surface area contributed by atoms with Gasteiger partial charge in [0.1, 0.15) is 11.3 Å². The fraction of sp³-hybridized carbons (Fsp3) is 0.111. The van der Waals surface area contributed by atoms with Crippen LogP contribution >= 0.6 is 11.3 Å². The van der Waals surface area contributed by atoms with Gasteiger partial charge in [0.2, 0.25) is 0 Å². The number of aromatic amines is 1. The molecule has 6 heteroatoms. The van der Waals surface area contributed by atoms with E-state index in [4.69, 9.17) is 4.42 Å². The Morgan fingerprint density at radius 1 is 1.25 bits per heavy atom. The number of carbonyl (C=O) groups is 1. The number of nitrogens with one attached hydrogen (secondary N) is 2. The predicted octanol–water partition coefficient (Wildman–Crippen LogP) is 4.38. The van der Waals surface area contributed by atoms with E-state index in [0.717, 1.165) is 27.3 Å². The Hall–Kier alpha value is -2.86. The average Bonchev–Trinajstić information content (AvgIpc) is 3.32. The van der Waals surface area contributed by atoms with Crippen LogP contribution in [0, 0.1) is 0 Å². The number of fused-ring (bicyclic) bond motifs is 1. The summed E-state index contributed by atoms with van der Waals surface area (Å²) in [5.74, 6) is 0.487. The lowest BCUT2D eigenvalue weighted by Gasteiger charge is -2.09. The van der Waals surface area contributed by atoms with Gasteiger partial charge in [0.05, 0.1) is 16.6 Å². The van der Waals surface area contributed by atoms with Crippen molar-refractivity contribution in [2.24, 2.45) is 0 Å². The zero-order valence-corrected chi connectivity index (χ0v) is 13.8. The molecule has 1 aromatic carbocycles. The Balaban J connectivity index is 1.51. The van der Waals surface area contributed by atoms with Gasteiger partial charge in [-0.3, -0.25) is 9.89 Å². The third-order valence-electron chi connectivity index (χ3n) is 3.82. The maximum Gasteiger partial charge on any atom is 0.272 e. The van der Waals surface area contributed by atoms with Gasteiger partial charge < -0.3 is 9.73 Å². The van der Waals surface area contributed by atoms with Crippen molar-refractivity contribution in [1.82, 2.24) is 15.5 Å². The molecule has 1 unspecified atom stereocenters. The van der Waals surface area contributed by atoms with Crippen molar-refractivity contribution in [1.29, 1.82) is 0 Å². The number of aromatic nitrogens is 2. The molecule has 3 heterocycles. The van der Waals surface area contributed by atoms with Crippen LogP contribution in [0.3, 0.4) is 0 Å². The lowest BCUT2D eigenvalue weighted by atomic mass is 10.2. The zero-order valence-electron chi connectivity index (χ0n) is 12.9. The molecule has 1 atom stereocenters. The molecule has 0 saturated heterocycles. The minimum Gasteiger partial charge on any atom is -0.459 e. The van der Waals surface area contributed by atoms with Crippen molar-refractivity contribution in [3.63, 3.8) is 0 Å². The van der Waals surface area contributed by atoms with E-state index < -0.39 is 0 Å². The maximum atomic E-state index is 12.4. The average molecular weight is 337 g/mol.